The van der Waals surface area contributed by atoms with E-state index >= 15 is 0 Å². The fraction of sp³-hybridized carbons (Fsp3) is 0.333. The van der Waals surface area contributed by atoms with Crippen LogP contribution < -0.4 is 5.73 Å². The molecule has 0 spiro atoms. The second-order valence-corrected chi connectivity index (χ2v) is 4.46. The van der Waals surface area contributed by atoms with Crippen molar-refractivity contribution in [1.82, 2.24) is 14.6 Å². The fourth-order valence-corrected chi connectivity index (χ4v) is 1.94. The standard InChI is InChI=1S/C9H9BrN4/c10-8-12-7-5-6(9(11)2-3-9)1-4-14(7)13-8/h1,4-5H,2-3,11H2. The van der Waals surface area contributed by atoms with E-state index in [1.807, 2.05) is 18.3 Å². The second kappa shape index (κ2) is 2.55. The van der Waals surface area contributed by atoms with E-state index in [-0.39, 0.29) is 5.54 Å². The lowest BCUT2D eigenvalue weighted by molar-refractivity contribution is 0.736. The minimum atomic E-state index is -0.0970. The summed E-state index contributed by atoms with van der Waals surface area (Å²) in [6.07, 6.45) is 4.03. The predicted molar refractivity (Wildman–Crippen MR) is 55.8 cm³/mol. The topological polar surface area (TPSA) is 56.2 Å². The van der Waals surface area contributed by atoms with Crippen LogP contribution in [0.4, 0.5) is 0 Å². The number of aromatic nitrogens is 3. The summed E-state index contributed by atoms with van der Waals surface area (Å²) in [7, 11) is 0. The molecule has 0 radical (unpaired) electrons. The van der Waals surface area contributed by atoms with Gasteiger partial charge in [0.1, 0.15) is 0 Å². The first-order valence-electron chi connectivity index (χ1n) is 4.49. The first-order valence-corrected chi connectivity index (χ1v) is 5.28. The van der Waals surface area contributed by atoms with Crippen molar-refractivity contribution < 1.29 is 0 Å². The molecule has 5 heteroatoms. The Morgan fingerprint density at radius 2 is 2.29 bits per heavy atom. The van der Waals surface area contributed by atoms with Crippen molar-refractivity contribution in [2.75, 3.05) is 0 Å². The van der Waals surface area contributed by atoms with Crippen molar-refractivity contribution >= 4 is 21.6 Å². The van der Waals surface area contributed by atoms with Gasteiger partial charge in [0, 0.05) is 11.7 Å². The summed E-state index contributed by atoms with van der Waals surface area (Å²) in [5, 5.41) is 4.14. The van der Waals surface area contributed by atoms with Crippen LogP contribution in [-0.2, 0) is 5.54 Å². The molecule has 3 rings (SSSR count). The molecule has 2 aromatic heterocycles. The Morgan fingerprint density at radius 3 is 3.00 bits per heavy atom. The molecule has 2 aromatic rings. The van der Waals surface area contributed by atoms with Crippen LogP contribution in [0.5, 0.6) is 0 Å². The number of hydrogen-bond acceptors (Lipinski definition) is 3. The van der Waals surface area contributed by atoms with E-state index < -0.39 is 0 Å². The maximum atomic E-state index is 6.10. The van der Waals surface area contributed by atoms with Crippen LogP contribution in [0.15, 0.2) is 23.1 Å². The third kappa shape index (κ3) is 1.16. The SMILES string of the molecule is NC1(c2ccn3nc(Br)nc3c2)CC1. The predicted octanol–water partition coefficient (Wildman–Crippen LogP) is 1.44. The molecule has 0 atom stereocenters. The minimum Gasteiger partial charge on any atom is -0.321 e. The number of fused-ring (bicyclic) bond motifs is 1. The number of pyridine rings is 1. The van der Waals surface area contributed by atoms with Gasteiger partial charge in [0.25, 0.3) is 0 Å². The first kappa shape index (κ1) is 8.38. The maximum absolute atomic E-state index is 6.10. The van der Waals surface area contributed by atoms with Crippen molar-refractivity contribution in [2.45, 2.75) is 18.4 Å². The van der Waals surface area contributed by atoms with Crippen molar-refractivity contribution in [1.29, 1.82) is 0 Å². The van der Waals surface area contributed by atoms with Gasteiger partial charge in [-0.2, -0.15) is 0 Å². The van der Waals surface area contributed by atoms with E-state index in [0.29, 0.717) is 4.73 Å². The molecular weight excluding hydrogens is 244 g/mol. The Labute approximate surface area is 89.3 Å². The minimum absolute atomic E-state index is 0.0970. The third-order valence-corrected chi connectivity index (χ3v) is 3.01. The zero-order chi connectivity index (χ0) is 9.76. The molecule has 0 bridgehead atoms. The van der Waals surface area contributed by atoms with Gasteiger partial charge in [-0.3, -0.25) is 0 Å². The molecule has 0 amide bonds. The molecule has 0 aromatic carbocycles. The molecule has 1 aliphatic rings. The van der Waals surface area contributed by atoms with Crippen molar-refractivity contribution in [3.63, 3.8) is 0 Å². The number of nitrogens with two attached hydrogens (primary N) is 1. The van der Waals surface area contributed by atoms with Gasteiger partial charge in [-0.05, 0) is 46.5 Å². The summed E-state index contributed by atoms with van der Waals surface area (Å²) in [4.78, 5) is 4.23. The molecular formula is C9H9BrN4. The van der Waals surface area contributed by atoms with Gasteiger partial charge in [0.05, 0.1) is 0 Å². The smallest absolute Gasteiger partial charge is 0.218 e. The molecule has 72 valence electrons. The second-order valence-electron chi connectivity index (χ2n) is 3.76. The fourth-order valence-electron chi connectivity index (χ4n) is 1.59. The third-order valence-electron chi connectivity index (χ3n) is 2.68. The van der Waals surface area contributed by atoms with Gasteiger partial charge >= 0.3 is 0 Å². The van der Waals surface area contributed by atoms with Crippen molar-refractivity contribution in [2.24, 2.45) is 5.73 Å². The maximum Gasteiger partial charge on any atom is 0.218 e. The summed E-state index contributed by atoms with van der Waals surface area (Å²) in [6, 6.07) is 4.02. The largest absolute Gasteiger partial charge is 0.321 e. The van der Waals surface area contributed by atoms with E-state index in [9.17, 15) is 0 Å². The van der Waals surface area contributed by atoms with Crippen LogP contribution in [0.1, 0.15) is 18.4 Å². The summed E-state index contributed by atoms with van der Waals surface area (Å²) in [6.45, 7) is 0. The molecule has 2 heterocycles. The quantitative estimate of drug-likeness (QED) is 0.836. The molecule has 14 heavy (non-hydrogen) atoms. The summed E-state index contributed by atoms with van der Waals surface area (Å²) < 4.78 is 2.34. The highest BCUT2D eigenvalue weighted by Crippen LogP contribution is 2.42. The Bertz CT molecular complexity index is 500. The van der Waals surface area contributed by atoms with Gasteiger partial charge in [0.2, 0.25) is 4.73 Å². The highest BCUT2D eigenvalue weighted by atomic mass is 79.9. The van der Waals surface area contributed by atoms with Gasteiger partial charge in [-0.25, -0.2) is 9.50 Å². The number of halogens is 1. The van der Waals surface area contributed by atoms with Crippen LogP contribution in [0.2, 0.25) is 0 Å². The number of hydrogen-bond donors (Lipinski definition) is 1. The molecule has 1 fully saturated rings. The van der Waals surface area contributed by atoms with E-state index in [1.165, 1.54) is 0 Å². The zero-order valence-electron chi connectivity index (χ0n) is 7.44. The van der Waals surface area contributed by atoms with Gasteiger partial charge in [0.15, 0.2) is 5.65 Å². The van der Waals surface area contributed by atoms with E-state index in [1.54, 1.807) is 4.52 Å². The Morgan fingerprint density at radius 1 is 1.50 bits per heavy atom. The summed E-state index contributed by atoms with van der Waals surface area (Å²) in [5.74, 6) is 0. The zero-order valence-corrected chi connectivity index (χ0v) is 9.03. The monoisotopic (exact) mass is 252 g/mol. The summed E-state index contributed by atoms with van der Waals surface area (Å²) >= 11 is 3.24. The number of nitrogens with zero attached hydrogens (tertiary/aromatic N) is 3. The van der Waals surface area contributed by atoms with Crippen molar-refractivity contribution in [3.05, 3.63) is 28.6 Å². The molecule has 0 unspecified atom stereocenters. The molecule has 1 saturated carbocycles. The van der Waals surface area contributed by atoms with E-state index in [2.05, 4.69) is 26.0 Å². The first-order chi connectivity index (χ1) is 6.67. The average molecular weight is 253 g/mol. The summed E-state index contributed by atoms with van der Waals surface area (Å²) in [5.41, 5.74) is 8.00. The van der Waals surface area contributed by atoms with Crippen LogP contribution in [0.3, 0.4) is 0 Å². The molecule has 2 N–H and O–H groups in total. The molecule has 0 saturated heterocycles. The Hall–Kier alpha value is -0.940. The lowest BCUT2D eigenvalue weighted by Gasteiger charge is -2.07. The van der Waals surface area contributed by atoms with Crippen LogP contribution in [0.25, 0.3) is 5.65 Å². The normalized spacial score (nSPS) is 18.7. The average Bonchev–Trinajstić information content (AvgIpc) is 2.79. The molecule has 0 aliphatic heterocycles. The van der Waals surface area contributed by atoms with Gasteiger partial charge in [-0.1, -0.05) is 0 Å². The van der Waals surface area contributed by atoms with E-state index in [0.717, 1.165) is 24.1 Å². The lowest BCUT2D eigenvalue weighted by atomic mass is 10.1. The Kier molecular flexibility index (Phi) is 1.52. The number of rotatable bonds is 1. The highest BCUT2D eigenvalue weighted by Gasteiger charge is 2.40. The molecule has 4 nitrogen and oxygen atoms in total. The van der Waals surface area contributed by atoms with Crippen LogP contribution >= 0.6 is 15.9 Å². The lowest BCUT2D eigenvalue weighted by Crippen LogP contribution is -2.18. The molecule has 1 aliphatic carbocycles. The van der Waals surface area contributed by atoms with Gasteiger partial charge < -0.3 is 5.73 Å². The highest BCUT2D eigenvalue weighted by molar-refractivity contribution is 9.10. The van der Waals surface area contributed by atoms with Gasteiger partial charge in [-0.15, -0.1) is 5.10 Å². The Balaban J connectivity index is 2.19. The van der Waals surface area contributed by atoms with Crippen LogP contribution in [0, 0.1) is 0 Å². The van der Waals surface area contributed by atoms with Crippen LogP contribution in [-0.4, -0.2) is 14.6 Å². The van der Waals surface area contributed by atoms with E-state index in [4.69, 9.17) is 5.73 Å². The van der Waals surface area contributed by atoms with Crippen molar-refractivity contribution in [3.8, 4) is 0 Å².